The predicted octanol–water partition coefficient (Wildman–Crippen LogP) is 1.03. The molecule has 10 nitrogen and oxygen atoms in total. The summed E-state index contributed by atoms with van der Waals surface area (Å²) in [4.78, 5) is 34.9. The van der Waals surface area contributed by atoms with E-state index >= 15 is 0 Å². The average molecular weight is 425 g/mol. The number of carbonyl (C=O) groups excluding carboxylic acids is 1. The van der Waals surface area contributed by atoms with Gasteiger partial charge in [0.05, 0.1) is 30.2 Å². The molecule has 31 heavy (non-hydrogen) atoms. The minimum Gasteiger partial charge on any atom is -0.478 e. The molecule has 2 aromatic rings. The van der Waals surface area contributed by atoms with Gasteiger partial charge >= 0.3 is 5.97 Å². The predicted molar refractivity (Wildman–Crippen MR) is 113 cm³/mol. The molecule has 1 unspecified atom stereocenters. The maximum atomic E-state index is 13.0. The molecule has 3 heterocycles. The molecule has 1 amide bonds. The van der Waals surface area contributed by atoms with E-state index in [1.54, 1.807) is 18.2 Å². The Morgan fingerprint density at radius 3 is 2.61 bits per heavy atom. The monoisotopic (exact) mass is 425 g/mol. The standard InChI is InChI=1S/C21H23N5O5/c1-21(20(28)29)11-13-9-15(16(10-17(13)31-21)26-5-7-30-8-6-26)25-19(27)14(12-22)18-23-3-2-4-24-18/h2-4,9-10,12H,5-8,11,22H2,1H3,(H,25,27)(H,28,29). The van der Waals surface area contributed by atoms with E-state index in [9.17, 15) is 14.7 Å². The first-order valence-corrected chi connectivity index (χ1v) is 9.84. The van der Waals surface area contributed by atoms with Gasteiger partial charge < -0.3 is 30.5 Å². The number of morpholine rings is 1. The van der Waals surface area contributed by atoms with Crippen molar-refractivity contribution in [1.29, 1.82) is 0 Å². The lowest BCUT2D eigenvalue weighted by atomic mass is 9.98. The van der Waals surface area contributed by atoms with Crippen molar-refractivity contribution >= 4 is 28.8 Å². The highest BCUT2D eigenvalue weighted by molar-refractivity contribution is 6.24. The lowest BCUT2D eigenvalue weighted by Crippen LogP contribution is -2.39. The number of rotatable bonds is 5. The molecule has 10 heteroatoms. The Labute approximate surface area is 178 Å². The molecule has 2 aliphatic rings. The number of amides is 1. The fraction of sp³-hybridized carbons (Fsp3) is 0.333. The summed E-state index contributed by atoms with van der Waals surface area (Å²) >= 11 is 0. The Balaban J connectivity index is 1.69. The van der Waals surface area contributed by atoms with Crippen LogP contribution in [0.3, 0.4) is 0 Å². The number of hydrogen-bond acceptors (Lipinski definition) is 8. The van der Waals surface area contributed by atoms with Crippen molar-refractivity contribution in [3.63, 3.8) is 0 Å². The van der Waals surface area contributed by atoms with E-state index in [4.69, 9.17) is 15.2 Å². The van der Waals surface area contributed by atoms with Crippen molar-refractivity contribution in [2.45, 2.75) is 18.9 Å². The molecule has 0 saturated carbocycles. The molecule has 2 aliphatic heterocycles. The number of carbonyl (C=O) groups is 2. The van der Waals surface area contributed by atoms with E-state index in [1.807, 2.05) is 0 Å². The van der Waals surface area contributed by atoms with Crippen LogP contribution >= 0.6 is 0 Å². The molecular weight excluding hydrogens is 402 g/mol. The number of nitrogens with two attached hydrogens (primary N) is 1. The molecule has 1 saturated heterocycles. The Kier molecular flexibility index (Phi) is 5.47. The molecule has 1 aromatic heterocycles. The largest absolute Gasteiger partial charge is 0.478 e. The van der Waals surface area contributed by atoms with E-state index in [1.165, 1.54) is 19.3 Å². The normalized spacial score (nSPS) is 20.7. The fourth-order valence-corrected chi connectivity index (χ4v) is 3.65. The SMILES string of the molecule is CC1(C(=O)O)Cc2cc(NC(=O)C(=CN)c3ncccn3)c(N3CCOCC3)cc2O1. The van der Waals surface area contributed by atoms with E-state index in [0.29, 0.717) is 43.3 Å². The minimum absolute atomic E-state index is 0.126. The van der Waals surface area contributed by atoms with Crippen molar-refractivity contribution in [2.24, 2.45) is 5.73 Å². The number of aliphatic carboxylic acids is 1. The molecule has 1 atom stereocenters. The van der Waals surface area contributed by atoms with Gasteiger partial charge in [-0.05, 0) is 19.1 Å². The van der Waals surface area contributed by atoms with Crippen LogP contribution < -0.4 is 20.7 Å². The summed E-state index contributed by atoms with van der Waals surface area (Å²) in [5, 5.41) is 12.4. The van der Waals surface area contributed by atoms with Crippen molar-refractivity contribution in [3.05, 3.63) is 48.2 Å². The van der Waals surface area contributed by atoms with Crippen LogP contribution in [0.4, 0.5) is 11.4 Å². The lowest BCUT2D eigenvalue weighted by molar-refractivity contribution is -0.152. The summed E-state index contributed by atoms with van der Waals surface area (Å²) in [6.07, 6.45) is 4.40. The third-order valence-corrected chi connectivity index (χ3v) is 5.31. The van der Waals surface area contributed by atoms with Gasteiger partial charge in [-0.25, -0.2) is 14.8 Å². The third-order valence-electron chi connectivity index (χ3n) is 5.31. The Morgan fingerprint density at radius 2 is 1.97 bits per heavy atom. The number of nitrogens with zero attached hydrogens (tertiary/aromatic N) is 3. The smallest absolute Gasteiger partial charge is 0.348 e. The number of carboxylic acids is 1. The van der Waals surface area contributed by atoms with E-state index in [-0.39, 0.29) is 17.8 Å². The summed E-state index contributed by atoms with van der Waals surface area (Å²) in [5.74, 6) is -0.816. The first-order valence-electron chi connectivity index (χ1n) is 9.84. The van der Waals surface area contributed by atoms with Crippen LogP contribution in [0.15, 0.2) is 36.8 Å². The van der Waals surface area contributed by atoms with Crippen LogP contribution in [0.2, 0.25) is 0 Å². The summed E-state index contributed by atoms with van der Waals surface area (Å²) in [7, 11) is 0. The first-order chi connectivity index (χ1) is 14.9. The molecule has 4 rings (SSSR count). The summed E-state index contributed by atoms with van der Waals surface area (Å²) < 4.78 is 11.2. The van der Waals surface area contributed by atoms with Crippen molar-refractivity contribution in [3.8, 4) is 5.75 Å². The van der Waals surface area contributed by atoms with Crippen LogP contribution in [-0.2, 0) is 20.7 Å². The second-order valence-corrected chi connectivity index (χ2v) is 7.50. The Morgan fingerprint density at radius 1 is 1.26 bits per heavy atom. The number of nitrogens with one attached hydrogen (secondary N) is 1. The molecule has 0 aliphatic carbocycles. The van der Waals surface area contributed by atoms with Crippen molar-refractivity contribution in [1.82, 2.24) is 9.97 Å². The van der Waals surface area contributed by atoms with Crippen LogP contribution in [0, 0.1) is 0 Å². The second kappa shape index (κ2) is 8.23. The molecule has 4 N–H and O–H groups in total. The van der Waals surface area contributed by atoms with Crippen molar-refractivity contribution < 1.29 is 24.2 Å². The van der Waals surface area contributed by atoms with Gasteiger partial charge in [-0.15, -0.1) is 0 Å². The lowest BCUT2D eigenvalue weighted by Gasteiger charge is -2.31. The van der Waals surface area contributed by atoms with Gasteiger partial charge in [-0.2, -0.15) is 0 Å². The maximum Gasteiger partial charge on any atom is 0.348 e. The number of anilines is 2. The number of carboxylic acid groups (broad SMARTS) is 1. The Bertz CT molecular complexity index is 1040. The number of benzene rings is 1. The number of ether oxygens (including phenoxy) is 2. The minimum atomic E-state index is -1.35. The number of aromatic nitrogens is 2. The quantitative estimate of drug-likeness (QED) is 0.599. The maximum absolute atomic E-state index is 13.0. The molecule has 0 radical (unpaired) electrons. The van der Waals surface area contributed by atoms with E-state index in [2.05, 4.69) is 20.2 Å². The molecule has 0 bridgehead atoms. The van der Waals surface area contributed by atoms with E-state index < -0.39 is 17.5 Å². The van der Waals surface area contributed by atoms with Gasteiger partial charge in [-0.3, -0.25) is 4.79 Å². The van der Waals surface area contributed by atoms with E-state index in [0.717, 1.165) is 11.9 Å². The highest BCUT2D eigenvalue weighted by Crippen LogP contribution is 2.42. The first kappa shape index (κ1) is 20.6. The van der Waals surface area contributed by atoms with Gasteiger partial charge in [0.15, 0.2) is 5.82 Å². The molecule has 0 spiro atoms. The molecular formula is C21H23N5O5. The Hall–Kier alpha value is -3.66. The van der Waals surface area contributed by atoms with Gasteiger partial charge in [-0.1, -0.05) is 0 Å². The van der Waals surface area contributed by atoms with Crippen LogP contribution in [0.25, 0.3) is 5.57 Å². The zero-order valence-corrected chi connectivity index (χ0v) is 17.0. The highest BCUT2D eigenvalue weighted by atomic mass is 16.5. The van der Waals surface area contributed by atoms with Gasteiger partial charge in [0, 0.05) is 49.7 Å². The zero-order chi connectivity index (χ0) is 22.0. The van der Waals surface area contributed by atoms with Gasteiger partial charge in [0.2, 0.25) is 5.60 Å². The highest BCUT2D eigenvalue weighted by Gasteiger charge is 2.42. The van der Waals surface area contributed by atoms with Gasteiger partial charge in [0.25, 0.3) is 5.91 Å². The number of hydrogen-bond donors (Lipinski definition) is 3. The summed E-state index contributed by atoms with van der Waals surface area (Å²) in [6.45, 7) is 3.87. The second-order valence-electron chi connectivity index (χ2n) is 7.50. The average Bonchev–Trinajstić information content (AvgIpc) is 3.11. The fourth-order valence-electron chi connectivity index (χ4n) is 3.65. The topological polar surface area (TPSA) is 140 Å². The van der Waals surface area contributed by atoms with Crippen LogP contribution in [0.1, 0.15) is 18.3 Å². The summed E-state index contributed by atoms with van der Waals surface area (Å²) in [5.41, 5.74) is 6.40. The van der Waals surface area contributed by atoms with Crippen molar-refractivity contribution in [2.75, 3.05) is 36.5 Å². The molecule has 1 aromatic carbocycles. The molecule has 1 fully saturated rings. The van der Waals surface area contributed by atoms with Crippen LogP contribution in [0.5, 0.6) is 5.75 Å². The van der Waals surface area contributed by atoms with Gasteiger partial charge in [0.1, 0.15) is 5.75 Å². The van der Waals surface area contributed by atoms with Crippen LogP contribution in [-0.4, -0.2) is 58.9 Å². The zero-order valence-electron chi connectivity index (χ0n) is 17.0. The third kappa shape index (κ3) is 4.02. The molecule has 162 valence electrons. The summed E-state index contributed by atoms with van der Waals surface area (Å²) in [6, 6.07) is 5.17. The number of fused-ring (bicyclic) bond motifs is 1.